The molecule has 0 aliphatic rings. The molecule has 0 heterocycles. The van der Waals surface area contributed by atoms with E-state index in [0.29, 0.717) is 5.92 Å². The molecule has 0 aromatic heterocycles. The molecular formula is C13H20N2. The zero-order valence-electron chi connectivity index (χ0n) is 9.83. The topological polar surface area (TPSA) is 38.4 Å². The van der Waals surface area contributed by atoms with E-state index in [1.807, 2.05) is 0 Å². The molecule has 0 saturated heterocycles. The van der Waals surface area contributed by atoms with Gasteiger partial charge in [-0.1, -0.05) is 43.7 Å². The Balaban J connectivity index is 2.54. The second kappa shape index (κ2) is 5.54. The number of aliphatic imine (C=N–C) groups is 1. The van der Waals surface area contributed by atoms with Crippen LogP contribution in [0.5, 0.6) is 0 Å². The number of amidine groups is 1. The largest absolute Gasteiger partial charge is 0.387 e. The van der Waals surface area contributed by atoms with E-state index in [9.17, 15) is 0 Å². The Morgan fingerprint density at radius 3 is 2.40 bits per heavy atom. The first-order valence-corrected chi connectivity index (χ1v) is 5.42. The summed E-state index contributed by atoms with van der Waals surface area (Å²) in [5, 5.41) is 0. The minimum atomic E-state index is 0.571. The molecule has 0 unspecified atom stereocenters. The van der Waals surface area contributed by atoms with Gasteiger partial charge in [0.1, 0.15) is 0 Å². The highest BCUT2D eigenvalue weighted by atomic mass is 14.8. The van der Waals surface area contributed by atoms with Gasteiger partial charge in [-0.05, 0) is 18.4 Å². The number of hydrogen-bond acceptors (Lipinski definition) is 1. The van der Waals surface area contributed by atoms with Crippen molar-refractivity contribution >= 4 is 5.84 Å². The van der Waals surface area contributed by atoms with Crippen molar-refractivity contribution in [1.82, 2.24) is 0 Å². The zero-order chi connectivity index (χ0) is 11.3. The van der Waals surface area contributed by atoms with Gasteiger partial charge in [0.2, 0.25) is 0 Å². The maximum Gasteiger partial charge on any atom is 0.0981 e. The molecular weight excluding hydrogens is 184 g/mol. The summed E-state index contributed by atoms with van der Waals surface area (Å²) in [6.07, 6.45) is 0.757. The molecule has 0 bridgehead atoms. The van der Waals surface area contributed by atoms with Crippen molar-refractivity contribution in [2.45, 2.75) is 27.2 Å². The predicted molar refractivity (Wildman–Crippen MR) is 66.2 cm³/mol. The molecule has 1 aromatic rings. The summed E-state index contributed by atoms with van der Waals surface area (Å²) in [4.78, 5) is 4.34. The molecule has 15 heavy (non-hydrogen) atoms. The third-order valence-corrected chi connectivity index (χ3v) is 2.17. The van der Waals surface area contributed by atoms with E-state index in [1.54, 1.807) is 0 Å². The molecule has 1 aromatic carbocycles. The maximum atomic E-state index is 5.84. The van der Waals surface area contributed by atoms with Gasteiger partial charge in [0, 0.05) is 13.0 Å². The summed E-state index contributed by atoms with van der Waals surface area (Å²) < 4.78 is 0. The monoisotopic (exact) mass is 204 g/mol. The Labute approximate surface area is 92.2 Å². The van der Waals surface area contributed by atoms with E-state index in [2.05, 4.69) is 50.0 Å². The lowest BCUT2D eigenvalue weighted by atomic mass is 10.1. The molecule has 82 valence electrons. The first-order valence-electron chi connectivity index (χ1n) is 5.42. The molecule has 0 aliphatic carbocycles. The van der Waals surface area contributed by atoms with Crippen LogP contribution in [0.2, 0.25) is 0 Å². The highest BCUT2D eigenvalue weighted by Gasteiger charge is 1.97. The highest BCUT2D eigenvalue weighted by Crippen LogP contribution is 2.04. The lowest BCUT2D eigenvalue weighted by Crippen LogP contribution is -2.16. The molecule has 0 aliphatic heterocycles. The standard InChI is InChI=1S/C13H20N2/c1-10(2)9-15-13(14)8-12-6-4-11(3)5-7-12/h4-7,10H,8-9H2,1-3H3,(H2,14,15). The van der Waals surface area contributed by atoms with Crippen molar-refractivity contribution < 1.29 is 0 Å². The molecule has 0 amide bonds. The van der Waals surface area contributed by atoms with Crippen LogP contribution in [-0.2, 0) is 6.42 Å². The molecule has 2 heteroatoms. The van der Waals surface area contributed by atoms with Crippen molar-refractivity contribution in [3.8, 4) is 0 Å². The molecule has 1 rings (SSSR count). The van der Waals surface area contributed by atoms with Crippen LogP contribution < -0.4 is 5.73 Å². The lowest BCUT2D eigenvalue weighted by molar-refractivity contribution is 0.664. The first-order chi connectivity index (χ1) is 7.08. The number of benzene rings is 1. The average Bonchev–Trinajstić information content (AvgIpc) is 2.19. The third-order valence-electron chi connectivity index (χ3n) is 2.17. The van der Waals surface area contributed by atoms with Gasteiger partial charge in [-0.15, -0.1) is 0 Å². The number of aryl methyl sites for hydroxylation is 1. The smallest absolute Gasteiger partial charge is 0.0981 e. The maximum absolute atomic E-state index is 5.84. The average molecular weight is 204 g/mol. The van der Waals surface area contributed by atoms with Gasteiger partial charge in [0.05, 0.1) is 5.84 Å². The van der Waals surface area contributed by atoms with E-state index < -0.39 is 0 Å². The van der Waals surface area contributed by atoms with Gasteiger partial charge in [0.25, 0.3) is 0 Å². The van der Waals surface area contributed by atoms with Gasteiger partial charge in [-0.2, -0.15) is 0 Å². The van der Waals surface area contributed by atoms with Crippen LogP contribution in [0, 0.1) is 12.8 Å². The summed E-state index contributed by atoms with van der Waals surface area (Å²) in [7, 11) is 0. The van der Waals surface area contributed by atoms with Crippen LogP contribution in [0.1, 0.15) is 25.0 Å². The van der Waals surface area contributed by atoms with Crippen LogP contribution >= 0.6 is 0 Å². The van der Waals surface area contributed by atoms with Gasteiger partial charge < -0.3 is 5.73 Å². The zero-order valence-corrected chi connectivity index (χ0v) is 9.83. The molecule has 2 nitrogen and oxygen atoms in total. The minimum Gasteiger partial charge on any atom is -0.387 e. The fourth-order valence-corrected chi connectivity index (χ4v) is 1.27. The summed E-state index contributed by atoms with van der Waals surface area (Å²) in [5.41, 5.74) is 8.34. The van der Waals surface area contributed by atoms with Crippen LogP contribution in [0.3, 0.4) is 0 Å². The van der Waals surface area contributed by atoms with Crippen molar-refractivity contribution in [3.05, 3.63) is 35.4 Å². The lowest BCUT2D eigenvalue weighted by Gasteiger charge is -2.03. The Morgan fingerprint density at radius 2 is 1.87 bits per heavy atom. The van der Waals surface area contributed by atoms with E-state index in [4.69, 9.17) is 5.73 Å². The van der Waals surface area contributed by atoms with Crippen LogP contribution in [0.15, 0.2) is 29.3 Å². The van der Waals surface area contributed by atoms with Crippen LogP contribution in [0.4, 0.5) is 0 Å². The van der Waals surface area contributed by atoms with E-state index in [0.717, 1.165) is 18.8 Å². The fourth-order valence-electron chi connectivity index (χ4n) is 1.27. The second-order valence-corrected chi connectivity index (χ2v) is 4.39. The van der Waals surface area contributed by atoms with Crippen molar-refractivity contribution in [2.24, 2.45) is 16.6 Å². The van der Waals surface area contributed by atoms with Gasteiger partial charge in [-0.25, -0.2) is 0 Å². The van der Waals surface area contributed by atoms with Crippen LogP contribution in [0.25, 0.3) is 0 Å². The first kappa shape index (κ1) is 11.8. The number of nitrogens with zero attached hydrogens (tertiary/aromatic N) is 1. The van der Waals surface area contributed by atoms with Crippen LogP contribution in [-0.4, -0.2) is 12.4 Å². The fraction of sp³-hybridized carbons (Fsp3) is 0.462. The Hall–Kier alpha value is -1.31. The molecule has 0 atom stereocenters. The Bertz CT molecular complexity index is 323. The van der Waals surface area contributed by atoms with Crippen molar-refractivity contribution in [2.75, 3.05) is 6.54 Å². The summed E-state index contributed by atoms with van der Waals surface area (Å²) >= 11 is 0. The summed E-state index contributed by atoms with van der Waals surface area (Å²) in [6.45, 7) is 7.18. The van der Waals surface area contributed by atoms with Gasteiger partial charge in [-0.3, -0.25) is 4.99 Å². The molecule has 0 radical (unpaired) electrons. The van der Waals surface area contributed by atoms with Crippen molar-refractivity contribution in [1.29, 1.82) is 0 Å². The summed E-state index contributed by atoms with van der Waals surface area (Å²) in [6, 6.07) is 8.41. The molecule has 2 N–H and O–H groups in total. The predicted octanol–water partition coefficient (Wildman–Crippen LogP) is 2.55. The normalized spacial score (nSPS) is 12.1. The molecule has 0 spiro atoms. The molecule has 0 fully saturated rings. The van der Waals surface area contributed by atoms with E-state index >= 15 is 0 Å². The van der Waals surface area contributed by atoms with E-state index in [-0.39, 0.29) is 0 Å². The van der Waals surface area contributed by atoms with Gasteiger partial charge >= 0.3 is 0 Å². The van der Waals surface area contributed by atoms with E-state index in [1.165, 1.54) is 11.1 Å². The molecule has 0 saturated carbocycles. The Morgan fingerprint density at radius 1 is 1.27 bits per heavy atom. The highest BCUT2D eigenvalue weighted by molar-refractivity contribution is 5.82. The second-order valence-electron chi connectivity index (χ2n) is 4.39. The number of hydrogen-bond donors (Lipinski definition) is 1. The van der Waals surface area contributed by atoms with Crippen molar-refractivity contribution in [3.63, 3.8) is 0 Å². The number of rotatable bonds is 4. The quantitative estimate of drug-likeness (QED) is 0.594. The summed E-state index contributed by atoms with van der Waals surface area (Å²) in [5.74, 6) is 1.30. The van der Waals surface area contributed by atoms with Gasteiger partial charge in [0.15, 0.2) is 0 Å². The number of nitrogens with two attached hydrogens (primary N) is 1. The third kappa shape index (κ3) is 4.63. The SMILES string of the molecule is Cc1ccc(CC(N)=NCC(C)C)cc1. The minimum absolute atomic E-state index is 0.571. The Kier molecular flexibility index (Phi) is 4.35.